The summed E-state index contributed by atoms with van der Waals surface area (Å²) in [5.74, 6) is 0. The average molecular weight is 339 g/mol. The number of ether oxygens (including phenoxy) is 1. The van der Waals surface area contributed by atoms with E-state index in [1.54, 1.807) is 13.4 Å². The van der Waals surface area contributed by atoms with Gasteiger partial charge < -0.3 is 4.74 Å². The second-order valence-corrected chi connectivity index (χ2v) is 7.41. The molecule has 0 heterocycles. The lowest BCUT2D eigenvalue weighted by atomic mass is 10.0. The summed E-state index contributed by atoms with van der Waals surface area (Å²) in [4.78, 5) is 0. The Hall–Kier alpha value is -0.460. The fraction of sp³-hybridized carbons (Fsp3) is 0.913. The van der Waals surface area contributed by atoms with Crippen molar-refractivity contribution in [3.8, 4) is 0 Å². The first kappa shape index (κ1) is 23.5. The molecule has 1 nitrogen and oxygen atoms in total. The van der Waals surface area contributed by atoms with Gasteiger partial charge in [-0.2, -0.15) is 0 Å². The van der Waals surface area contributed by atoms with Gasteiger partial charge in [-0.3, -0.25) is 0 Å². The number of rotatable bonds is 20. The van der Waals surface area contributed by atoms with Gasteiger partial charge in [0.2, 0.25) is 0 Å². The number of hydrogen-bond donors (Lipinski definition) is 0. The van der Waals surface area contributed by atoms with E-state index in [4.69, 9.17) is 4.74 Å². The standard InChI is InChI=1S/C23H46O/c1-3-4-5-6-7-8-9-10-11-12-13-14-15-16-17-18-19-20-21-22-23-24-2/h22-23H,3-21H2,1-2H3/b23-22+. The van der Waals surface area contributed by atoms with Crippen molar-refractivity contribution in [3.05, 3.63) is 12.3 Å². The fourth-order valence-corrected chi connectivity index (χ4v) is 3.33. The molecule has 0 saturated heterocycles. The topological polar surface area (TPSA) is 9.23 Å². The van der Waals surface area contributed by atoms with E-state index in [2.05, 4.69) is 13.0 Å². The second kappa shape index (κ2) is 22.5. The lowest BCUT2D eigenvalue weighted by Crippen LogP contribution is -1.84. The van der Waals surface area contributed by atoms with Gasteiger partial charge in [0.15, 0.2) is 0 Å². The second-order valence-electron chi connectivity index (χ2n) is 7.41. The predicted molar refractivity (Wildman–Crippen MR) is 110 cm³/mol. The molecule has 144 valence electrons. The van der Waals surface area contributed by atoms with Crippen LogP contribution in [0.4, 0.5) is 0 Å². The zero-order valence-corrected chi connectivity index (χ0v) is 17.0. The van der Waals surface area contributed by atoms with Gasteiger partial charge in [0.1, 0.15) is 0 Å². The minimum Gasteiger partial charge on any atom is -0.505 e. The van der Waals surface area contributed by atoms with Crippen molar-refractivity contribution in [3.63, 3.8) is 0 Å². The summed E-state index contributed by atoms with van der Waals surface area (Å²) in [7, 11) is 1.71. The van der Waals surface area contributed by atoms with Crippen molar-refractivity contribution in [2.75, 3.05) is 7.11 Å². The van der Waals surface area contributed by atoms with Crippen molar-refractivity contribution in [1.29, 1.82) is 0 Å². The van der Waals surface area contributed by atoms with Gasteiger partial charge in [0, 0.05) is 0 Å². The van der Waals surface area contributed by atoms with Crippen LogP contribution in [-0.2, 0) is 4.74 Å². The first-order chi connectivity index (χ1) is 11.9. The van der Waals surface area contributed by atoms with E-state index >= 15 is 0 Å². The van der Waals surface area contributed by atoms with Crippen molar-refractivity contribution in [2.45, 2.75) is 129 Å². The molecule has 0 rings (SSSR count). The molecular formula is C23H46O. The van der Waals surface area contributed by atoms with E-state index in [9.17, 15) is 0 Å². The van der Waals surface area contributed by atoms with Crippen LogP contribution in [0.25, 0.3) is 0 Å². The van der Waals surface area contributed by atoms with E-state index in [1.165, 1.54) is 122 Å². The lowest BCUT2D eigenvalue weighted by Gasteiger charge is -2.03. The van der Waals surface area contributed by atoms with Crippen LogP contribution < -0.4 is 0 Å². The molecule has 0 atom stereocenters. The molecule has 24 heavy (non-hydrogen) atoms. The summed E-state index contributed by atoms with van der Waals surface area (Å²) in [6.45, 7) is 2.30. The summed E-state index contributed by atoms with van der Waals surface area (Å²) < 4.78 is 4.90. The van der Waals surface area contributed by atoms with Crippen LogP contribution in [0.15, 0.2) is 12.3 Å². The van der Waals surface area contributed by atoms with Crippen LogP contribution in [0.5, 0.6) is 0 Å². The number of methoxy groups -OCH3 is 1. The summed E-state index contributed by atoms with van der Waals surface area (Å²) in [6.07, 6.45) is 31.1. The lowest BCUT2D eigenvalue weighted by molar-refractivity contribution is 0.336. The van der Waals surface area contributed by atoms with Crippen molar-refractivity contribution in [2.24, 2.45) is 0 Å². The maximum absolute atomic E-state index is 4.90. The first-order valence-corrected chi connectivity index (χ1v) is 11.1. The minimum atomic E-state index is 1.17. The first-order valence-electron chi connectivity index (χ1n) is 11.1. The molecule has 0 spiro atoms. The number of hydrogen-bond acceptors (Lipinski definition) is 1. The zero-order valence-electron chi connectivity index (χ0n) is 17.0. The maximum atomic E-state index is 4.90. The van der Waals surface area contributed by atoms with Crippen LogP contribution in [0, 0.1) is 0 Å². The van der Waals surface area contributed by atoms with Crippen LogP contribution in [-0.4, -0.2) is 7.11 Å². The molecule has 0 N–H and O–H groups in total. The molecule has 0 aromatic rings. The molecule has 0 bridgehead atoms. The van der Waals surface area contributed by atoms with Crippen molar-refractivity contribution in [1.82, 2.24) is 0 Å². The highest BCUT2D eigenvalue weighted by Gasteiger charge is 1.94. The molecule has 0 aromatic carbocycles. The van der Waals surface area contributed by atoms with E-state index < -0.39 is 0 Å². The summed E-state index contributed by atoms with van der Waals surface area (Å²) >= 11 is 0. The van der Waals surface area contributed by atoms with Crippen LogP contribution in [0.3, 0.4) is 0 Å². The Morgan fingerprint density at radius 1 is 0.500 bits per heavy atom. The summed E-state index contributed by atoms with van der Waals surface area (Å²) in [6, 6.07) is 0. The predicted octanol–water partition coefficient (Wildman–Crippen LogP) is 8.58. The fourth-order valence-electron chi connectivity index (χ4n) is 3.33. The molecule has 0 aromatic heterocycles. The highest BCUT2D eigenvalue weighted by Crippen LogP contribution is 2.14. The zero-order chi connectivity index (χ0) is 17.6. The highest BCUT2D eigenvalue weighted by atomic mass is 16.5. The third kappa shape index (κ3) is 21.5. The van der Waals surface area contributed by atoms with E-state index in [1.807, 2.05) is 0 Å². The molecule has 0 unspecified atom stereocenters. The van der Waals surface area contributed by atoms with Gasteiger partial charge in [-0.25, -0.2) is 0 Å². The van der Waals surface area contributed by atoms with Crippen LogP contribution in [0.2, 0.25) is 0 Å². The minimum absolute atomic E-state index is 1.17. The smallest absolute Gasteiger partial charge is 0.0784 e. The molecule has 0 aliphatic rings. The largest absolute Gasteiger partial charge is 0.505 e. The van der Waals surface area contributed by atoms with Crippen molar-refractivity contribution < 1.29 is 4.74 Å². The molecule has 0 fully saturated rings. The van der Waals surface area contributed by atoms with E-state index in [0.717, 1.165) is 0 Å². The Kier molecular flexibility index (Phi) is 22.1. The summed E-state index contributed by atoms with van der Waals surface area (Å²) in [5.41, 5.74) is 0. The molecule has 0 amide bonds. The SMILES string of the molecule is CCCCCCCCCCCCCCCCCCCC/C=C/OC. The third-order valence-electron chi connectivity index (χ3n) is 4.96. The Morgan fingerprint density at radius 2 is 0.833 bits per heavy atom. The molecule has 1 heteroatoms. The average Bonchev–Trinajstić information content (AvgIpc) is 2.60. The third-order valence-corrected chi connectivity index (χ3v) is 4.96. The Labute approximate surface area is 153 Å². The number of unbranched alkanes of at least 4 members (excludes halogenated alkanes) is 18. The van der Waals surface area contributed by atoms with Gasteiger partial charge in [-0.15, -0.1) is 0 Å². The molecular weight excluding hydrogens is 292 g/mol. The Balaban J connectivity index is 2.97. The van der Waals surface area contributed by atoms with Gasteiger partial charge in [-0.1, -0.05) is 116 Å². The van der Waals surface area contributed by atoms with Gasteiger partial charge in [0.05, 0.1) is 13.4 Å². The molecule has 0 radical (unpaired) electrons. The summed E-state index contributed by atoms with van der Waals surface area (Å²) in [5, 5.41) is 0. The van der Waals surface area contributed by atoms with E-state index in [-0.39, 0.29) is 0 Å². The van der Waals surface area contributed by atoms with Crippen molar-refractivity contribution >= 4 is 0 Å². The quantitative estimate of drug-likeness (QED) is 0.159. The van der Waals surface area contributed by atoms with Gasteiger partial charge in [0.25, 0.3) is 0 Å². The van der Waals surface area contributed by atoms with Gasteiger partial charge in [-0.05, 0) is 18.9 Å². The molecule has 0 aliphatic carbocycles. The molecule has 0 aliphatic heterocycles. The van der Waals surface area contributed by atoms with Crippen LogP contribution >= 0.6 is 0 Å². The highest BCUT2D eigenvalue weighted by molar-refractivity contribution is 4.72. The molecule has 0 saturated carbocycles. The monoisotopic (exact) mass is 338 g/mol. The Bertz CT molecular complexity index is 234. The Morgan fingerprint density at radius 3 is 1.17 bits per heavy atom. The number of allylic oxidation sites excluding steroid dienone is 1. The maximum Gasteiger partial charge on any atom is 0.0784 e. The normalized spacial score (nSPS) is 11.4. The van der Waals surface area contributed by atoms with Crippen LogP contribution in [0.1, 0.15) is 129 Å². The van der Waals surface area contributed by atoms with Gasteiger partial charge >= 0.3 is 0 Å². The van der Waals surface area contributed by atoms with E-state index in [0.29, 0.717) is 0 Å².